The molecule has 30 heavy (non-hydrogen) atoms. The van der Waals surface area contributed by atoms with Crippen LogP contribution in [0.15, 0.2) is 77.7 Å². The lowest BCUT2D eigenvalue weighted by Gasteiger charge is -2.24. The van der Waals surface area contributed by atoms with Gasteiger partial charge >= 0.3 is 0 Å². The van der Waals surface area contributed by atoms with E-state index >= 15 is 0 Å². The van der Waals surface area contributed by atoms with Gasteiger partial charge in [0.05, 0.1) is 10.6 Å². The minimum atomic E-state index is -4.06. The summed E-state index contributed by atoms with van der Waals surface area (Å²) in [4.78, 5) is 12.5. The van der Waals surface area contributed by atoms with Crippen LogP contribution in [-0.2, 0) is 21.4 Å². The average Bonchev–Trinajstić information content (AvgIpc) is 2.71. The summed E-state index contributed by atoms with van der Waals surface area (Å²) in [6.07, 6.45) is 0. The highest BCUT2D eigenvalue weighted by Gasteiger charge is 2.27. The molecule has 0 atom stereocenters. The maximum Gasteiger partial charge on any atom is 0.264 e. The Kier molecular flexibility index (Phi) is 6.52. The number of nitrogens with zero attached hydrogens (tertiary/aromatic N) is 1. The Labute approximate surface area is 176 Å². The summed E-state index contributed by atoms with van der Waals surface area (Å²) < 4.78 is 40.7. The van der Waals surface area contributed by atoms with Gasteiger partial charge in [-0.25, -0.2) is 12.8 Å². The van der Waals surface area contributed by atoms with E-state index in [0.29, 0.717) is 12.2 Å². The van der Waals surface area contributed by atoms with Crippen LogP contribution in [-0.4, -0.2) is 20.9 Å². The summed E-state index contributed by atoms with van der Waals surface area (Å²) in [5.74, 6) is -0.977. The molecule has 0 aliphatic carbocycles. The van der Waals surface area contributed by atoms with E-state index in [2.05, 4.69) is 5.32 Å². The highest BCUT2D eigenvalue weighted by Crippen LogP contribution is 2.24. The lowest BCUT2D eigenvalue weighted by molar-refractivity contribution is -0.119. The Bertz CT molecular complexity index is 1130. The summed E-state index contributed by atoms with van der Waals surface area (Å²) >= 11 is 0. The van der Waals surface area contributed by atoms with E-state index < -0.39 is 28.3 Å². The Morgan fingerprint density at radius 3 is 2.23 bits per heavy atom. The van der Waals surface area contributed by atoms with Crippen LogP contribution in [0, 0.1) is 19.7 Å². The predicted octanol–water partition coefficient (Wildman–Crippen LogP) is 3.95. The first-order valence-electron chi connectivity index (χ1n) is 9.43. The average molecular weight is 427 g/mol. The van der Waals surface area contributed by atoms with E-state index in [0.717, 1.165) is 33.1 Å². The number of anilines is 1. The molecule has 0 radical (unpaired) electrons. The largest absolute Gasteiger partial charge is 0.350 e. The summed E-state index contributed by atoms with van der Waals surface area (Å²) in [5, 5.41) is 2.77. The van der Waals surface area contributed by atoms with Crippen LogP contribution in [0.1, 0.15) is 16.7 Å². The number of sulfonamides is 1. The quantitative estimate of drug-likeness (QED) is 0.622. The van der Waals surface area contributed by atoms with Gasteiger partial charge in [-0.3, -0.25) is 9.10 Å². The molecule has 0 heterocycles. The number of halogens is 1. The van der Waals surface area contributed by atoms with E-state index in [9.17, 15) is 17.6 Å². The molecule has 156 valence electrons. The number of benzene rings is 3. The van der Waals surface area contributed by atoms with Crippen molar-refractivity contribution in [3.8, 4) is 0 Å². The molecular formula is C23H23FN2O3S. The third kappa shape index (κ3) is 5.24. The molecule has 3 rings (SSSR count). The lowest BCUT2D eigenvalue weighted by Crippen LogP contribution is -2.40. The number of amides is 1. The Hall–Kier alpha value is -3.19. The fraction of sp³-hybridized carbons (Fsp3) is 0.174. The summed E-state index contributed by atoms with van der Waals surface area (Å²) in [6.45, 7) is 3.74. The Balaban J connectivity index is 1.85. The van der Waals surface area contributed by atoms with Crippen LogP contribution in [0.2, 0.25) is 0 Å². The molecule has 5 nitrogen and oxygen atoms in total. The van der Waals surface area contributed by atoms with Crippen molar-refractivity contribution in [3.63, 3.8) is 0 Å². The zero-order chi connectivity index (χ0) is 21.7. The molecule has 0 aliphatic rings. The Morgan fingerprint density at radius 1 is 0.933 bits per heavy atom. The molecule has 0 aliphatic heterocycles. The van der Waals surface area contributed by atoms with Gasteiger partial charge in [-0.1, -0.05) is 47.5 Å². The summed E-state index contributed by atoms with van der Waals surface area (Å²) in [7, 11) is -4.06. The number of aryl methyl sites for hydroxylation is 2. The molecule has 3 aromatic rings. The van der Waals surface area contributed by atoms with Gasteiger partial charge in [-0.15, -0.1) is 0 Å². The molecule has 0 saturated carbocycles. The molecule has 3 aromatic carbocycles. The van der Waals surface area contributed by atoms with Gasteiger partial charge in [0.2, 0.25) is 5.91 Å². The maximum absolute atomic E-state index is 13.3. The first kappa shape index (κ1) is 21.5. The number of nitrogens with one attached hydrogen (secondary N) is 1. The van der Waals surface area contributed by atoms with Gasteiger partial charge in [-0.2, -0.15) is 0 Å². The van der Waals surface area contributed by atoms with E-state index in [1.54, 1.807) is 24.3 Å². The maximum atomic E-state index is 13.3. The second-order valence-corrected chi connectivity index (χ2v) is 8.93. The van der Waals surface area contributed by atoms with Gasteiger partial charge in [0.1, 0.15) is 12.4 Å². The van der Waals surface area contributed by atoms with Gasteiger partial charge < -0.3 is 5.32 Å². The van der Waals surface area contributed by atoms with Crippen LogP contribution >= 0.6 is 0 Å². The van der Waals surface area contributed by atoms with Crippen molar-refractivity contribution in [3.05, 3.63) is 95.3 Å². The second-order valence-electron chi connectivity index (χ2n) is 7.07. The molecule has 1 amide bonds. The van der Waals surface area contributed by atoms with Crippen LogP contribution in [0.3, 0.4) is 0 Å². The first-order valence-corrected chi connectivity index (χ1v) is 10.9. The highest BCUT2D eigenvalue weighted by atomic mass is 32.2. The number of rotatable bonds is 7. The van der Waals surface area contributed by atoms with Gasteiger partial charge in [0, 0.05) is 6.54 Å². The topological polar surface area (TPSA) is 66.5 Å². The van der Waals surface area contributed by atoms with Crippen molar-refractivity contribution in [2.45, 2.75) is 25.3 Å². The minimum Gasteiger partial charge on any atom is -0.350 e. The van der Waals surface area contributed by atoms with Gasteiger partial charge in [0.25, 0.3) is 10.0 Å². The van der Waals surface area contributed by atoms with E-state index in [1.165, 1.54) is 12.1 Å². The molecule has 0 unspecified atom stereocenters. The van der Waals surface area contributed by atoms with Crippen LogP contribution in [0.4, 0.5) is 10.1 Å². The van der Waals surface area contributed by atoms with E-state index in [-0.39, 0.29) is 4.90 Å². The molecule has 0 bridgehead atoms. The van der Waals surface area contributed by atoms with Crippen molar-refractivity contribution in [2.75, 3.05) is 10.8 Å². The second kappa shape index (κ2) is 9.09. The third-order valence-electron chi connectivity index (χ3n) is 4.58. The SMILES string of the molecule is Cc1ccc(N(CC(=O)NCc2cccc(C)c2)S(=O)(=O)c2ccc(F)cc2)cc1. The molecule has 0 fully saturated rings. The number of carbonyl (C=O) groups is 1. The van der Waals surface area contributed by atoms with E-state index in [4.69, 9.17) is 0 Å². The zero-order valence-corrected chi connectivity index (χ0v) is 17.6. The fourth-order valence-corrected chi connectivity index (χ4v) is 4.39. The first-order chi connectivity index (χ1) is 14.3. The monoisotopic (exact) mass is 426 g/mol. The van der Waals surface area contributed by atoms with Crippen LogP contribution < -0.4 is 9.62 Å². The van der Waals surface area contributed by atoms with Crippen molar-refractivity contribution in [1.82, 2.24) is 5.32 Å². The zero-order valence-electron chi connectivity index (χ0n) is 16.8. The number of hydrogen-bond acceptors (Lipinski definition) is 3. The predicted molar refractivity (Wildman–Crippen MR) is 115 cm³/mol. The van der Waals surface area contributed by atoms with Gasteiger partial charge in [-0.05, 0) is 55.8 Å². The highest BCUT2D eigenvalue weighted by molar-refractivity contribution is 7.92. The normalized spacial score (nSPS) is 11.2. The molecule has 0 spiro atoms. The number of hydrogen-bond donors (Lipinski definition) is 1. The van der Waals surface area contributed by atoms with Crippen molar-refractivity contribution in [2.24, 2.45) is 0 Å². The molecule has 0 saturated heterocycles. The minimum absolute atomic E-state index is 0.0871. The Morgan fingerprint density at radius 2 is 1.60 bits per heavy atom. The summed E-state index contributed by atoms with van der Waals surface area (Å²) in [5.41, 5.74) is 3.31. The lowest BCUT2D eigenvalue weighted by atomic mass is 10.1. The smallest absolute Gasteiger partial charge is 0.264 e. The summed E-state index contributed by atoms with van der Waals surface area (Å²) in [6, 6.07) is 19.1. The van der Waals surface area contributed by atoms with Crippen molar-refractivity contribution >= 4 is 21.6 Å². The van der Waals surface area contributed by atoms with Crippen molar-refractivity contribution in [1.29, 1.82) is 0 Å². The van der Waals surface area contributed by atoms with Gasteiger partial charge in [0.15, 0.2) is 0 Å². The molecule has 7 heteroatoms. The number of carbonyl (C=O) groups excluding carboxylic acids is 1. The fourth-order valence-electron chi connectivity index (χ4n) is 2.97. The van der Waals surface area contributed by atoms with E-state index in [1.807, 2.05) is 38.1 Å². The molecule has 1 N–H and O–H groups in total. The van der Waals surface area contributed by atoms with Crippen molar-refractivity contribution < 1.29 is 17.6 Å². The third-order valence-corrected chi connectivity index (χ3v) is 6.37. The molecular weight excluding hydrogens is 403 g/mol. The standard InChI is InChI=1S/C23H23FN2O3S/c1-17-6-10-21(11-7-17)26(30(28,29)22-12-8-20(24)9-13-22)16-23(27)25-15-19-5-3-4-18(2)14-19/h3-14H,15-16H2,1-2H3,(H,25,27). The molecule has 0 aromatic heterocycles. The van der Waals surface area contributed by atoms with Crippen LogP contribution in [0.25, 0.3) is 0 Å². The van der Waals surface area contributed by atoms with Crippen LogP contribution in [0.5, 0.6) is 0 Å².